The van der Waals surface area contributed by atoms with Crippen LogP contribution in [-0.2, 0) is 22.4 Å². The summed E-state index contributed by atoms with van der Waals surface area (Å²) in [6.07, 6.45) is 0.767. The molecule has 4 aliphatic heterocycles. The first-order chi connectivity index (χ1) is 21.1. The summed E-state index contributed by atoms with van der Waals surface area (Å²) in [6, 6.07) is 8.36. The fourth-order valence-corrected chi connectivity index (χ4v) is 7.95. The van der Waals surface area contributed by atoms with Gasteiger partial charge in [-0.3, -0.25) is 9.59 Å². The number of aliphatic carboxylic acids is 2. The van der Waals surface area contributed by atoms with Crippen LogP contribution in [0.2, 0.25) is 0 Å². The summed E-state index contributed by atoms with van der Waals surface area (Å²) >= 11 is 3.86. The average molecular weight is 627 g/mol. The Bertz CT molecular complexity index is 1990. The summed E-state index contributed by atoms with van der Waals surface area (Å²) in [5.74, 6) is 0.458. The number of carbonyl (C=O) groups is 2. The second kappa shape index (κ2) is 11.0. The first-order valence-electron chi connectivity index (χ1n) is 14.9. The topological polar surface area (TPSA) is 132 Å². The van der Waals surface area contributed by atoms with Gasteiger partial charge in [0.25, 0.3) is 0 Å². The number of rotatable bonds is 8. The van der Waals surface area contributed by atoms with E-state index in [1.54, 1.807) is 0 Å². The maximum Gasteiger partial charge on any atom is 0.303 e. The fourth-order valence-electron chi connectivity index (χ4n) is 6.50. The van der Waals surface area contributed by atoms with Crippen LogP contribution in [0.25, 0.3) is 44.4 Å². The number of hydrogen-bond acceptors (Lipinski definition) is 6. The van der Waals surface area contributed by atoms with Gasteiger partial charge in [-0.2, -0.15) is 23.5 Å². The van der Waals surface area contributed by atoms with Gasteiger partial charge in [-0.1, -0.05) is 0 Å². The van der Waals surface area contributed by atoms with Crippen LogP contribution in [0.15, 0.2) is 24.3 Å². The number of thioether (sulfide) groups is 2. The molecule has 10 heteroatoms. The van der Waals surface area contributed by atoms with Crippen LogP contribution in [-0.4, -0.2) is 64.1 Å². The molecule has 3 aromatic rings. The van der Waals surface area contributed by atoms with E-state index in [1.165, 1.54) is 16.7 Å². The van der Waals surface area contributed by atoms with E-state index in [9.17, 15) is 19.8 Å². The van der Waals surface area contributed by atoms with E-state index in [1.807, 2.05) is 43.4 Å². The predicted molar refractivity (Wildman–Crippen MR) is 180 cm³/mol. The first kappa shape index (κ1) is 29.0. The molecule has 226 valence electrons. The van der Waals surface area contributed by atoms with Crippen molar-refractivity contribution in [3.63, 3.8) is 0 Å². The van der Waals surface area contributed by atoms with Crippen LogP contribution in [0.4, 0.5) is 0 Å². The molecule has 2 fully saturated rings. The van der Waals surface area contributed by atoms with Gasteiger partial charge < -0.3 is 20.2 Å². The zero-order valence-electron chi connectivity index (χ0n) is 25.1. The van der Waals surface area contributed by atoms with Crippen LogP contribution in [0.3, 0.4) is 0 Å². The lowest BCUT2D eigenvalue weighted by Crippen LogP contribution is -1.98. The maximum absolute atomic E-state index is 11.6. The number of H-pyrrole nitrogens is 2. The van der Waals surface area contributed by atoms with E-state index >= 15 is 0 Å². The van der Waals surface area contributed by atoms with Gasteiger partial charge in [-0.25, -0.2) is 9.97 Å². The number of carboxylic acid groups (broad SMARTS) is 2. The highest BCUT2D eigenvalue weighted by Crippen LogP contribution is 2.49. The van der Waals surface area contributed by atoms with Crippen LogP contribution < -0.4 is 0 Å². The van der Waals surface area contributed by atoms with Gasteiger partial charge in [-0.15, -0.1) is 0 Å². The lowest BCUT2D eigenvalue weighted by molar-refractivity contribution is -0.138. The summed E-state index contributed by atoms with van der Waals surface area (Å²) in [7, 11) is 0. The quantitative estimate of drug-likeness (QED) is 0.196. The molecule has 8 nitrogen and oxygen atoms in total. The number of allylic oxidation sites excluding steroid dienone is 2. The number of aryl methyl sites for hydroxylation is 4. The molecule has 0 amide bonds. The number of aromatic nitrogens is 4. The van der Waals surface area contributed by atoms with Crippen molar-refractivity contribution in [2.75, 3.05) is 11.5 Å². The Morgan fingerprint density at radius 3 is 1.52 bits per heavy atom. The lowest BCUT2D eigenvalue weighted by Gasteiger charge is -2.02. The maximum atomic E-state index is 11.6. The number of carboxylic acids is 2. The molecule has 3 aromatic heterocycles. The Labute approximate surface area is 263 Å². The largest absolute Gasteiger partial charge is 0.481 e. The SMILES string of the molecule is CC1=C([C@@H]2CS2)c2cc3nc(cc4[nH]c(cc5[nH]c(cc1n2)c(C)c5CCC(=O)O)c(CCC(=O)O)c4C)C([C@@H]1CS1)=C3C. The second-order valence-corrected chi connectivity index (χ2v) is 14.4. The molecule has 7 heterocycles. The summed E-state index contributed by atoms with van der Waals surface area (Å²) in [6.45, 7) is 8.35. The predicted octanol–water partition coefficient (Wildman–Crippen LogP) is 7.06. The molecule has 4 N–H and O–H groups in total. The summed E-state index contributed by atoms with van der Waals surface area (Å²) in [4.78, 5) is 40.7. The summed E-state index contributed by atoms with van der Waals surface area (Å²) in [5, 5.41) is 19.9. The van der Waals surface area contributed by atoms with Gasteiger partial charge in [0.15, 0.2) is 0 Å². The van der Waals surface area contributed by atoms with Crippen molar-refractivity contribution in [2.45, 2.75) is 63.9 Å². The van der Waals surface area contributed by atoms with E-state index in [0.717, 1.165) is 84.2 Å². The fraction of sp³-hybridized carbons (Fsp3) is 0.353. The molecular formula is C34H34N4O4S2. The highest BCUT2D eigenvalue weighted by Gasteiger charge is 2.36. The van der Waals surface area contributed by atoms with E-state index < -0.39 is 11.9 Å². The van der Waals surface area contributed by atoms with E-state index in [2.05, 4.69) is 42.0 Å². The average Bonchev–Trinajstić information content (AvgIpc) is 3.88. The van der Waals surface area contributed by atoms with E-state index in [0.29, 0.717) is 23.3 Å². The van der Waals surface area contributed by atoms with Gasteiger partial charge in [0, 0.05) is 56.9 Å². The number of hydrogen-bond donors (Lipinski definition) is 4. The lowest BCUT2D eigenvalue weighted by atomic mass is 10.0. The number of nitrogens with one attached hydrogen (secondary N) is 2. The molecule has 0 aromatic carbocycles. The Morgan fingerprint density at radius 2 is 1.09 bits per heavy atom. The standard InChI is InChI=1S/C34H34N4O4S2/c1-15-19(5-7-31(39)40)25-12-26-20(6-8-32(41)42)16(2)22(36-26)10-27-34(30-14-44-30)18(4)24(38-27)11-28-33(29-13-43-29)17(3)23(37-28)9-21(15)35-25/h9-12,29-30,35-36H,5-8,13-14H2,1-4H3,(H,39,40)(H,41,42)/t29-,30-/m0/s1. The Balaban J connectivity index is 1.58. The minimum absolute atomic E-state index is 0.00944. The molecular weight excluding hydrogens is 593 g/mol. The number of nitrogens with zero attached hydrogens (tertiary/aromatic N) is 2. The minimum Gasteiger partial charge on any atom is -0.481 e. The second-order valence-electron chi connectivity index (χ2n) is 12.0. The van der Waals surface area contributed by atoms with E-state index in [-0.39, 0.29) is 12.8 Å². The first-order valence-corrected chi connectivity index (χ1v) is 17.0. The third-order valence-corrected chi connectivity index (χ3v) is 10.9. The summed E-state index contributed by atoms with van der Waals surface area (Å²) < 4.78 is 0. The molecule has 0 spiro atoms. The van der Waals surface area contributed by atoms with Crippen LogP contribution in [0, 0.1) is 13.8 Å². The normalized spacial score (nSPS) is 19.1. The molecule has 8 bridgehead atoms. The number of aromatic amines is 2. The Kier molecular flexibility index (Phi) is 7.24. The van der Waals surface area contributed by atoms with Crippen molar-refractivity contribution in [1.29, 1.82) is 0 Å². The van der Waals surface area contributed by atoms with Crippen molar-refractivity contribution in [3.05, 3.63) is 69.3 Å². The zero-order chi connectivity index (χ0) is 30.9. The number of fused-ring (bicyclic) bond motifs is 8. The van der Waals surface area contributed by atoms with Gasteiger partial charge in [0.2, 0.25) is 0 Å². The molecule has 7 rings (SSSR count). The van der Waals surface area contributed by atoms with Gasteiger partial charge in [-0.05, 0) is 109 Å². The zero-order valence-corrected chi connectivity index (χ0v) is 26.8. The van der Waals surface area contributed by atoms with Crippen LogP contribution >= 0.6 is 23.5 Å². The molecule has 2 saturated heterocycles. The Hall–Kier alpha value is -3.76. The summed E-state index contributed by atoms with van der Waals surface area (Å²) in [5.41, 5.74) is 15.9. The minimum atomic E-state index is -0.850. The van der Waals surface area contributed by atoms with Crippen molar-refractivity contribution < 1.29 is 19.8 Å². The molecule has 0 aliphatic carbocycles. The molecule has 4 aliphatic rings. The third-order valence-electron chi connectivity index (χ3n) is 9.12. The highest BCUT2D eigenvalue weighted by atomic mass is 32.2. The van der Waals surface area contributed by atoms with Crippen LogP contribution in [0.1, 0.15) is 71.7 Å². The smallest absolute Gasteiger partial charge is 0.303 e. The molecule has 2 atom stereocenters. The molecule has 0 unspecified atom stereocenters. The van der Waals surface area contributed by atoms with Gasteiger partial charge in [0.1, 0.15) is 0 Å². The van der Waals surface area contributed by atoms with E-state index in [4.69, 9.17) is 9.97 Å². The van der Waals surface area contributed by atoms with Crippen LogP contribution in [0.5, 0.6) is 0 Å². The Morgan fingerprint density at radius 1 is 0.682 bits per heavy atom. The van der Waals surface area contributed by atoms with Crippen molar-refractivity contribution >= 4 is 79.8 Å². The molecule has 44 heavy (non-hydrogen) atoms. The third kappa shape index (κ3) is 5.28. The van der Waals surface area contributed by atoms with Gasteiger partial charge in [0.05, 0.1) is 22.8 Å². The van der Waals surface area contributed by atoms with Crippen molar-refractivity contribution in [3.8, 4) is 0 Å². The molecule has 0 saturated carbocycles. The van der Waals surface area contributed by atoms with Crippen molar-refractivity contribution in [1.82, 2.24) is 19.9 Å². The van der Waals surface area contributed by atoms with Gasteiger partial charge >= 0.3 is 11.9 Å². The highest BCUT2D eigenvalue weighted by molar-refractivity contribution is 8.07. The van der Waals surface area contributed by atoms with Crippen molar-refractivity contribution in [2.24, 2.45) is 0 Å². The molecule has 0 radical (unpaired) electrons. The monoisotopic (exact) mass is 626 g/mol.